The maximum Gasteiger partial charge on any atom is 0.163 e. The van der Waals surface area contributed by atoms with Crippen LogP contribution in [0.4, 0.5) is 0 Å². The van der Waals surface area contributed by atoms with E-state index in [4.69, 9.17) is 0 Å². The highest BCUT2D eigenvalue weighted by molar-refractivity contribution is 9.10. The van der Waals surface area contributed by atoms with Crippen molar-refractivity contribution < 1.29 is 0 Å². The summed E-state index contributed by atoms with van der Waals surface area (Å²) in [5.74, 6) is 0.929. The number of aromatic nitrogens is 3. The predicted octanol–water partition coefficient (Wildman–Crippen LogP) is 3.12. The summed E-state index contributed by atoms with van der Waals surface area (Å²) in [4.78, 5) is 0. The Labute approximate surface area is 97.3 Å². The van der Waals surface area contributed by atoms with Gasteiger partial charge in [0.1, 0.15) is 6.33 Å². The van der Waals surface area contributed by atoms with Gasteiger partial charge in [-0.25, -0.2) is 0 Å². The molecule has 2 aromatic rings. The average molecular weight is 266 g/mol. The minimum atomic E-state index is 0.929. The second-order valence-corrected chi connectivity index (χ2v) is 4.27. The highest BCUT2D eigenvalue weighted by atomic mass is 79.9. The quantitative estimate of drug-likeness (QED) is 0.854. The summed E-state index contributed by atoms with van der Waals surface area (Å²) >= 11 is 3.45. The van der Waals surface area contributed by atoms with Gasteiger partial charge >= 0.3 is 0 Å². The molecular weight excluding hydrogens is 254 g/mol. The van der Waals surface area contributed by atoms with E-state index in [1.54, 1.807) is 6.33 Å². The summed E-state index contributed by atoms with van der Waals surface area (Å²) in [6.07, 6.45) is 2.86. The molecule has 1 heterocycles. The lowest BCUT2D eigenvalue weighted by Gasteiger charge is -2.04. The van der Waals surface area contributed by atoms with Crippen LogP contribution in [0.2, 0.25) is 0 Å². The average Bonchev–Trinajstić information content (AvgIpc) is 2.66. The van der Waals surface area contributed by atoms with Crippen LogP contribution in [-0.2, 0) is 6.54 Å². The van der Waals surface area contributed by atoms with Crippen molar-refractivity contribution >= 4 is 15.9 Å². The molecular formula is C11H12BrN3. The maximum absolute atomic E-state index is 4.14. The smallest absolute Gasteiger partial charge is 0.163 e. The van der Waals surface area contributed by atoms with Gasteiger partial charge in [0.25, 0.3) is 0 Å². The van der Waals surface area contributed by atoms with E-state index in [1.807, 2.05) is 18.2 Å². The fraction of sp³-hybridized carbons (Fsp3) is 0.273. The zero-order valence-corrected chi connectivity index (χ0v) is 10.1. The van der Waals surface area contributed by atoms with Crippen LogP contribution in [0.1, 0.15) is 13.3 Å². The van der Waals surface area contributed by atoms with Gasteiger partial charge in [0.15, 0.2) is 5.82 Å². The fourth-order valence-corrected chi connectivity index (χ4v) is 1.91. The maximum atomic E-state index is 4.14. The normalized spacial score (nSPS) is 10.5. The first-order valence-electron chi connectivity index (χ1n) is 4.95. The number of hydrogen-bond acceptors (Lipinski definition) is 2. The van der Waals surface area contributed by atoms with Crippen LogP contribution >= 0.6 is 15.9 Å². The third-order valence-electron chi connectivity index (χ3n) is 2.16. The molecule has 0 atom stereocenters. The Bertz CT molecular complexity index is 451. The van der Waals surface area contributed by atoms with Gasteiger partial charge in [-0.2, -0.15) is 0 Å². The highest BCUT2D eigenvalue weighted by Gasteiger charge is 2.06. The fourth-order valence-electron chi connectivity index (χ4n) is 1.51. The summed E-state index contributed by atoms with van der Waals surface area (Å²) in [5.41, 5.74) is 1.09. The van der Waals surface area contributed by atoms with Crippen LogP contribution in [-0.4, -0.2) is 14.8 Å². The Hall–Kier alpha value is -1.16. The van der Waals surface area contributed by atoms with Crippen LogP contribution in [0, 0.1) is 0 Å². The van der Waals surface area contributed by atoms with E-state index < -0.39 is 0 Å². The lowest BCUT2D eigenvalue weighted by atomic mass is 10.2. The van der Waals surface area contributed by atoms with Gasteiger partial charge in [0.2, 0.25) is 0 Å². The molecule has 1 aromatic heterocycles. The first-order chi connectivity index (χ1) is 7.31. The molecule has 0 radical (unpaired) electrons. The highest BCUT2D eigenvalue weighted by Crippen LogP contribution is 2.20. The minimum absolute atomic E-state index is 0.929. The molecule has 0 aliphatic heterocycles. The van der Waals surface area contributed by atoms with Gasteiger partial charge in [-0.3, -0.25) is 0 Å². The Morgan fingerprint density at radius 1 is 1.40 bits per heavy atom. The third kappa shape index (κ3) is 2.26. The van der Waals surface area contributed by atoms with Crippen molar-refractivity contribution in [1.82, 2.24) is 14.8 Å². The zero-order valence-electron chi connectivity index (χ0n) is 8.52. The van der Waals surface area contributed by atoms with Gasteiger partial charge in [0, 0.05) is 16.6 Å². The zero-order chi connectivity index (χ0) is 10.7. The lowest BCUT2D eigenvalue weighted by Crippen LogP contribution is -1.98. The molecule has 0 fully saturated rings. The first kappa shape index (κ1) is 10.4. The summed E-state index contributed by atoms with van der Waals surface area (Å²) in [6.45, 7) is 3.10. The van der Waals surface area contributed by atoms with E-state index in [0.29, 0.717) is 0 Å². The van der Waals surface area contributed by atoms with E-state index in [2.05, 4.69) is 43.7 Å². The van der Waals surface area contributed by atoms with Crippen molar-refractivity contribution in [1.29, 1.82) is 0 Å². The van der Waals surface area contributed by atoms with E-state index in [-0.39, 0.29) is 0 Å². The van der Waals surface area contributed by atoms with Crippen LogP contribution in [0.15, 0.2) is 35.1 Å². The van der Waals surface area contributed by atoms with Gasteiger partial charge in [-0.15, -0.1) is 10.2 Å². The molecule has 0 bridgehead atoms. The van der Waals surface area contributed by atoms with Crippen molar-refractivity contribution in [3.05, 3.63) is 35.1 Å². The van der Waals surface area contributed by atoms with Gasteiger partial charge in [-0.1, -0.05) is 35.0 Å². The number of aryl methyl sites for hydroxylation is 1. The summed E-state index contributed by atoms with van der Waals surface area (Å²) in [7, 11) is 0. The summed E-state index contributed by atoms with van der Waals surface area (Å²) in [6, 6.07) is 8.10. The van der Waals surface area contributed by atoms with Crippen molar-refractivity contribution in [3.63, 3.8) is 0 Å². The second-order valence-electron chi connectivity index (χ2n) is 3.36. The Kier molecular flexibility index (Phi) is 3.16. The number of benzene rings is 1. The van der Waals surface area contributed by atoms with E-state index >= 15 is 0 Å². The van der Waals surface area contributed by atoms with Gasteiger partial charge in [-0.05, 0) is 18.6 Å². The summed E-state index contributed by atoms with van der Waals surface area (Å²) in [5, 5.41) is 8.08. The van der Waals surface area contributed by atoms with Crippen molar-refractivity contribution in [2.75, 3.05) is 0 Å². The Balaban J connectivity index is 2.40. The molecule has 0 spiro atoms. The predicted molar refractivity (Wildman–Crippen MR) is 63.4 cm³/mol. The van der Waals surface area contributed by atoms with E-state index in [0.717, 1.165) is 28.8 Å². The molecule has 0 unspecified atom stereocenters. The van der Waals surface area contributed by atoms with Crippen LogP contribution < -0.4 is 0 Å². The van der Waals surface area contributed by atoms with Crippen LogP contribution in [0.25, 0.3) is 11.4 Å². The van der Waals surface area contributed by atoms with Crippen LogP contribution in [0.3, 0.4) is 0 Å². The van der Waals surface area contributed by atoms with Gasteiger partial charge in [0.05, 0.1) is 0 Å². The Morgan fingerprint density at radius 3 is 3.00 bits per heavy atom. The molecule has 0 aliphatic rings. The molecule has 0 saturated carbocycles. The molecule has 2 rings (SSSR count). The second kappa shape index (κ2) is 4.57. The van der Waals surface area contributed by atoms with E-state index in [1.165, 1.54) is 0 Å². The van der Waals surface area contributed by atoms with Crippen molar-refractivity contribution in [2.45, 2.75) is 19.9 Å². The number of hydrogen-bond donors (Lipinski definition) is 0. The standard InChI is InChI=1S/C11H12BrN3/c1-2-6-15-8-13-14-11(15)9-4-3-5-10(12)7-9/h3-5,7-8H,2,6H2,1H3. The molecule has 78 valence electrons. The molecule has 15 heavy (non-hydrogen) atoms. The lowest BCUT2D eigenvalue weighted by molar-refractivity contribution is 0.683. The largest absolute Gasteiger partial charge is 0.314 e. The molecule has 0 aliphatic carbocycles. The van der Waals surface area contributed by atoms with Crippen LogP contribution in [0.5, 0.6) is 0 Å². The molecule has 0 N–H and O–H groups in total. The van der Waals surface area contributed by atoms with Crippen molar-refractivity contribution in [2.24, 2.45) is 0 Å². The molecule has 3 nitrogen and oxygen atoms in total. The number of nitrogens with zero attached hydrogens (tertiary/aromatic N) is 3. The topological polar surface area (TPSA) is 30.7 Å². The molecule has 1 aromatic carbocycles. The monoisotopic (exact) mass is 265 g/mol. The first-order valence-corrected chi connectivity index (χ1v) is 5.74. The van der Waals surface area contributed by atoms with E-state index in [9.17, 15) is 0 Å². The van der Waals surface area contributed by atoms with Gasteiger partial charge < -0.3 is 4.57 Å². The minimum Gasteiger partial charge on any atom is -0.314 e. The summed E-state index contributed by atoms with van der Waals surface area (Å²) < 4.78 is 3.13. The number of rotatable bonds is 3. The molecule has 4 heteroatoms. The SMILES string of the molecule is CCCn1cnnc1-c1cccc(Br)c1. The third-order valence-corrected chi connectivity index (χ3v) is 2.66. The molecule has 0 saturated heterocycles. The Morgan fingerprint density at radius 2 is 2.27 bits per heavy atom. The number of halogens is 1. The molecule has 0 amide bonds. The van der Waals surface area contributed by atoms with Crippen molar-refractivity contribution in [3.8, 4) is 11.4 Å².